The number of hydrogen-bond acceptors (Lipinski definition) is 6. The lowest BCUT2D eigenvalue weighted by molar-refractivity contribution is 0.521. The van der Waals surface area contributed by atoms with Gasteiger partial charge in [0.05, 0.1) is 16.3 Å². The zero-order chi connectivity index (χ0) is 14.9. The number of benzene rings is 1. The Bertz CT molecular complexity index is 787. The maximum Gasteiger partial charge on any atom is 0.252 e. The van der Waals surface area contributed by atoms with Crippen LogP contribution in [0.5, 0.6) is 0 Å². The number of nitrogen functional groups attached to an aromatic ring is 1. The van der Waals surface area contributed by atoms with Gasteiger partial charge in [0.25, 0.3) is 5.82 Å². The molecular weight excluding hydrogens is 280 g/mol. The summed E-state index contributed by atoms with van der Waals surface area (Å²) in [6.07, 6.45) is 1.34. The van der Waals surface area contributed by atoms with Gasteiger partial charge in [-0.2, -0.15) is 5.26 Å². The van der Waals surface area contributed by atoms with Crippen LogP contribution in [0.25, 0.3) is 5.69 Å². The summed E-state index contributed by atoms with van der Waals surface area (Å²) in [6.45, 7) is 0. The molecule has 0 unspecified atom stereocenters. The molecule has 1 aromatic carbocycles. The van der Waals surface area contributed by atoms with Crippen molar-refractivity contribution in [2.24, 2.45) is 0 Å². The zero-order valence-electron chi connectivity index (χ0n) is 10.8. The second-order valence-corrected chi connectivity index (χ2v) is 6.28. The van der Waals surface area contributed by atoms with E-state index in [0.29, 0.717) is 5.69 Å². The molecule has 20 heavy (non-hydrogen) atoms. The molecule has 104 valence electrons. The molecule has 1 aromatic heterocycles. The normalized spacial score (nSPS) is 11.5. The van der Waals surface area contributed by atoms with E-state index in [4.69, 9.17) is 11.0 Å². The second-order valence-electron chi connectivity index (χ2n) is 4.13. The molecule has 0 bridgehead atoms. The summed E-state index contributed by atoms with van der Waals surface area (Å²) in [6, 6.07) is 6.09. The molecule has 0 aliphatic heterocycles. The summed E-state index contributed by atoms with van der Waals surface area (Å²) in [4.78, 5) is 3.85. The minimum Gasteiger partial charge on any atom is -0.397 e. The van der Waals surface area contributed by atoms with Crippen molar-refractivity contribution < 1.29 is 8.42 Å². The zero-order valence-corrected chi connectivity index (χ0v) is 11.7. The van der Waals surface area contributed by atoms with Crippen LogP contribution >= 0.6 is 0 Å². The lowest BCUT2D eigenvalue weighted by atomic mass is 10.3. The largest absolute Gasteiger partial charge is 0.397 e. The van der Waals surface area contributed by atoms with Crippen molar-refractivity contribution in [2.45, 2.75) is 4.90 Å². The van der Waals surface area contributed by atoms with Crippen LogP contribution in [0, 0.1) is 11.3 Å². The maximum atomic E-state index is 12.0. The van der Waals surface area contributed by atoms with E-state index in [0.717, 1.165) is 4.31 Å². The van der Waals surface area contributed by atoms with Crippen molar-refractivity contribution in [3.8, 4) is 11.8 Å². The highest BCUT2D eigenvalue weighted by Gasteiger charge is 2.18. The number of sulfonamides is 1. The Morgan fingerprint density at radius 1 is 1.40 bits per heavy atom. The van der Waals surface area contributed by atoms with Crippen LogP contribution in [0.15, 0.2) is 29.4 Å². The minimum atomic E-state index is -3.54. The molecule has 0 radical (unpaired) electrons. The molecule has 0 atom stereocenters. The van der Waals surface area contributed by atoms with Crippen LogP contribution in [0.2, 0.25) is 0 Å². The van der Waals surface area contributed by atoms with Crippen LogP contribution in [0.3, 0.4) is 0 Å². The van der Waals surface area contributed by atoms with Crippen molar-refractivity contribution in [1.82, 2.24) is 19.1 Å². The first-order valence-electron chi connectivity index (χ1n) is 5.50. The molecule has 0 aliphatic carbocycles. The van der Waals surface area contributed by atoms with Crippen LogP contribution in [0.4, 0.5) is 5.69 Å². The van der Waals surface area contributed by atoms with Crippen molar-refractivity contribution in [3.63, 3.8) is 0 Å². The second kappa shape index (κ2) is 4.92. The van der Waals surface area contributed by atoms with Gasteiger partial charge in [-0.05, 0) is 18.2 Å². The summed E-state index contributed by atoms with van der Waals surface area (Å²) in [7, 11) is -0.661. The molecule has 0 aliphatic rings. The molecular formula is C11H12N6O2S. The average molecular weight is 292 g/mol. The van der Waals surface area contributed by atoms with Gasteiger partial charge < -0.3 is 5.73 Å². The summed E-state index contributed by atoms with van der Waals surface area (Å²) in [5.74, 6) is 0.00869. The van der Waals surface area contributed by atoms with Gasteiger partial charge in [-0.15, -0.1) is 5.10 Å². The quantitative estimate of drug-likeness (QED) is 0.794. The molecule has 8 nitrogen and oxygen atoms in total. The van der Waals surface area contributed by atoms with Gasteiger partial charge in [-0.1, -0.05) is 0 Å². The van der Waals surface area contributed by atoms with Crippen molar-refractivity contribution >= 4 is 15.7 Å². The van der Waals surface area contributed by atoms with E-state index in [-0.39, 0.29) is 16.4 Å². The fourth-order valence-electron chi connectivity index (χ4n) is 1.54. The molecule has 0 spiro atoms. The number of hydrogen-bond donors (Lipinski definition) is 1. The predicted octanol–water partition coefficient (Wildman–Crippen LogP) is -0.0285. The highest BCUT2D eigenvalue weighted by Crippen LogP contribution is 2.22. The molecule has 0 saturated heterocycles. The van der Waals surface area contributed by atoms with Crippen molar-refractivity contribution in [2.75, 3.05) is 19.8 Å². The van der Waals surface area contributed by atoms with Gasteiger partial charge in [0.2, 0.25) is 10.0 Å². The third kappa shape index (κ3) is 2.34. The average Bonchev–Trinajstić information content (AvgIpc) is 2.86. The number of rotatable bonds is 3. The number of nitriles is 1. The Hall–Kier alpha value is -2.44. The lowest BCUT2D eigenvalue weighted by Crippen LogP contribution is -2.22. The topological polar surface area (TPSA) is 118 Å². The number of nitrogens with zero attached hydrogens (tertiary/aromatic N) is 5. The number of anilines is 1. The lowest BCUT2D eigenvalue weighted by Gasteiger charge is -2.13. The predicted molar refractivity (Wildman–Crippen MR) is 71.4 cm³/mol. The Morgan fingerprint density at radius 3 is 2.60 bits per heavy atom. The van der Waals surface area contributed by atoms with Crippen molar-refractivity contribution in [3.05, 3.63) is 30.4 Å². The third-order valence-electron chi connectivity index (χ3n) is 2.62. The van der Waals surface area contributed by atoms with Gasteiger partial charge in [0.15, 0.2) is 0 Å². The van der Waals surface area contributed by atoms with E-state index < -0.39 is 10.0 Å². The molecule has 1 heterocycles. The Labute approximate surface area is 116 Å². The van der Waals surface area contributed by atoms with E-state index in [1.807, 2.05) is 0 Å². The van der Waals surface area contributed by atoms with E-state index in [1.165, 1.54) is 43.3 Å². The maximum absolute atomic E-state index is 12.0. The van der Waals surface area contributed by atoms with Gasteiger partial charge in [-0.3, -0.25) is 0 Å². The first-order chi connectivity index (χ1) is 9.36. The Balaban J connectivity index is 2.49. The van der Waals surface area contributed by atoms with Crippen molar-refractivity contribution in [1.29, 1.82) is 5.26 Å². The SMILES string of the molecule is CN(C)S(=O)(=O)c1ccc(-n2cnc(C#N)n2)c(N)c1. The molecule has 2 aromatic rings. The summed E-state index contributed by atoms with van der Waals surface area (Å²) in [5.41, 5.74) is 6.53. The van der Waals surface area contributed by atoms with E-state index >= 15 is 0 Å². The molecule has 0 saturated carbocycles. The number of nitrogens with two attached hydrogens (primary N) is 1. The minimum absolute atomic E-state index is 0.00869. The molecule has 0 fully saturated rings. The summed E-state index contributed by atoms with van der Waals surface area (Å²) >= 11 is 0. The van der Waals surface area contributed by atoms with E-state index in [9.17, 15) is 8.42 Å². The van der Waals surface area contributed by atoms with Gasteiger partial charge in [0, 0.05) is 14.1 Å². The Morgan fingerprint density at radius 2 is 2.10 bits per heavy atom. The first kappa shape index (κ1) is 14.0. The summed E-state index contributed by atoms with van der Waals surface area (Å²) < 4.78 is 26.4. The molecule has 0 amide bonds. The van der Waals surface area contributed by atoms with E-state index in [2.05, 4.69) is 10.1 Å². The van der Waals surface area contributed by atoms with Crippen LogP contribution in [-0.4, -0.2) is 41.6 Å². The smallest absolute Gasteiger partial charge is 0.252 e. The first-order valence-corrected chi connectivity index (χ1v) is 6.94. The highest BCUT2D eigenvalue weighted by molar-refractivity contribution is 7.89. The summed E-state index contributed by atoms with van der Waals surface area (Å²) in [5, 5.41) is 12.6. The molecule has 2 rings (SSSR count). The molecule has 9 heteroatoms. The van der Waals surface area contributed by atoms with Gasteiger partial charge >= 0.3 is 0 Å². The van der Waals surface area contributed by atoms with Gasteiger partial charge in [0.1, 0.15) is 12.4 Å². The fourth-order valence-corrected chi connectivity index (χ4v) is 2.48. The standard InChI is InChI=1S/C11H12N6O2S/c1-16(2)20(18,19)8-3-4-10(9(13)5-8)17-7-14-11(6-12)15-17/h3-5,7H,13H2,1-2H3. The fraction of sp³-hybridized carbons (Fsp3) is 0.182. The third-order valence-corrected chi connectivity index (χ3v) is 4.43. The van der Waals surface area contributed by atoms with Gasteiger partial charge in [-0.25, -0.2) is 22.4 Å². The van der Waals surface area contributed by atoms with Crippen LogP contribution < -0.4 is 5.73 Å². The van der Waals surface area contributed by atoms with Crippen LogP contribution in [0.1, 0.15) is 5.82 Å². The Kier molecular flexibility index (Phi) is 3.44. The molecule has 2 N–H and O–H groups in total. The monoisotopic (exact) mass is 292 g/mol. The number of aromatic nitrogens is 3. The van der Waals surface area contributed by atoms with Crippen LogP contribution in [-0.2, 0) is 10.0 Å². The van der Waals surface area contributed by atoms with E-state index in [1.54, 1.807) is 6.07 Å². The highest BCUT2D eigenvalue weighted by atomic mass is 32.2.